The molecule has 0 radical (unpaired) electrons. The molecule has 1 rings (SSSR count). The predicted octanol–water partition coefficient (Wildman–Crippen LogP) is 3.61. The van der Waals surface area contributed by atoms with Crippen LogP contribution in [0.4, 0.5) is 5.69 Å². The summed E-state index contributed by atoms with van der Waals surface area (Å²) in [7, 11) is 0. The zero-order chi connectivity index (χ0) is 15.7. The summed E-state index contributed by atoms with van der Waals surface area (Å²) in [6, 6.07) is 5.16. The molecule has 1 aromatic rings. The van der Waals surface area contributed by atoms with Crippen LogP contribution >= 0.6 is 0 Å². The second kappa shape index (κ2) is 9.27. The molecule has 118 valence electrons. The Kier molecular flexibility index (Phi) is 7.65. The summed E-state index contributed by atoms with van der Waals surface area (Å²) in [6.07, 6.45) is 4.65. The quantitative estimate of drug-likeness (QED) is 0.683. The molecule has 0 saturated heterocycles. The lowest BCUT2D eigenvalue weighted by molar-refractivity contribution is 0.0945. The summed E-state index contributed by atoms with van der Waals surface area (Å²) in [4.78, 5) is 12.2. The molecule has 0 heterocycles. The minimum absolute atomic E-state index is 0.0850. The second-order valence-corrected chi connectivity index (χ2v) is 5.35. The van der Waals surface area contributed by atoms with Gasteiger partial charge in [-0.3, -0.25) is 4.79 Å². The number of nitrogens with one attached hydrogen (secondary N) is 1. The molecular formula is C17H28N2O2. The molecule has 1 atom stereocenters. The van der Waals surface area contributed by atoms with Crippen LogP contribution in [0.2, 0.25) is 0 Å². The Morgan fingerprint density at radius 2 is 2.05 bits per heavy atom. The van der Waals surface area contributed by atoms with Gasteiger partial charge in [-0.25, -0.2) is 0 Å². The van der Waals surface area contributed by atoms with E-state index in [9.17, 15) is 4.79 Å². The Hall–Kier alpha value is -1.71. The highest BCUT2D eigenvalue weighted by Gasteiger charge is 2.11. The van der Waals surface area contributed by atoms with E-state index in [2.05, 4.69) is 19.2 Å². The molecule has 0 spiro atoms. The Bertz CT molecular complexity index is 446. The molecular weight excluding hydrogens is 264 g/mol. The summed E-state index contributed by atoms with van der Waals surface area (Å²) < 4.78 is 5.42. The van der Waals surface area contributed by atoms with Crippen molar-refractivity contribution in [3.63, 3.8) is 0 Å². The molecule has 4 nitrogen and oxygen atoms in total. The summed E-state index contributed by atoms with van der Waals surface area (Å²) in [5.74, 6) is 1.10. The molecule has 0 aromatic heterocycles. The first kappa shape index (κ1) is 17.3. The average Bonchev–Trinajstić information content (AvgIpc) is 2.47. The lowest BCUT2D eigenvalue weighted by Crippen LogP contribution is -2.29. The van der Waals surface area contributed by atoms with E-state index in [1.807, 2.05) is 6.92 Å². The van der Waals surface area contributed by atoms with E-state index in [0.717, 1.165) is 12.8 Å². The van der Waals surface area contributed by atoms with E-state index < -0.39 is 0 Å². The number of unbranched alkanes of at least 4 members (excludes halogenated alkanes) is 1. The number of carbonyl (C=O) groups excluding carboxylic acids is 1. The van der Waals surface area contributed by atoms with Crippen LogP contribution in [0.5, 0.6) is 5.75 Å². The lowest BCUT2D eigenvalue weighted by Gasteiger charge is -2.15. The molecule has 4 heteroatoms. The zero-order valence-electron chi connectivity index (χ0n) is 13.4. The Balaban J connectivity index is 2.62. The standard InChI is InChI=1S/C17H28N2O2/c1-4-7-8-13(5-2)12-19-17(20)14-9-15(18)11-16(10-14)21-6-3/h9-11,13H,4-8,12,18H2,1-3H3,(H,19,20). The van der Waals surface area contributed by atoms with Crippen molar-refractivity contribution in [3.05, 3.63) is 23.8 Å². The summed E-state index contributed by atoms with van der Waals surface area (Å²) >= 11 is 0. The van der Waals surface area contributed by atoms with Gasteiger partial charge < -0.3 is 15.8 Å². The number of anilines is 1. The summed E-state index contributed by atoms with van der Waals surface area (Å²) in [5, 5.41) is 3.01. The van der Waals surface area contributed by atoms with Crippen molar-refractivity contribution in [2.24, 2.45) is 5.92 Å². The topological polar surface area (TPSA) is 64.4 Å². The number of nitrogen functional groups attached to an aromatic ring is 1. The maximum atomic E-state index is 12.2. The number of ether oxygens (including phenoxy) is 1. The third-order valence-corrected chi connectivity index (χ3v) is 3.60. The van der Waals surface area contributed by atoms with Crippen molar-refractivity contribution < 1.29 is 9.53 Å². The number of nitrogens with two attached hydrogens (primary N) is 1. The van der Waals surface area contributed by atoms with Crippen molar-refractivity contribution in [3.8, 4) is 5.75 Å². The van der Waals surface area contributed by atoms with Gasteiger partial charge in [0.15, 0.2) is 0 Å². The van der Waals surface area contributed by atoms with E-state index in [1.54, 1.807) is 18.2 Å². The fraction of sp³-hybridized carbons (Fsp3) is 0.588. The van der Waals surface area contributed by atoms with Crippen LogP contribution in [-0.2, 0) is 0 Å². The van der Waals surface area contributed by atoms with E-state index >= 15 is 0 Å². The third kappa shape index (κ3) is 6.06. The van der Waals surface area contributed by atoms with Crippen molar-refractivity contribution in [1.29, 1.82) is 0 Å². The SMILES string of the molecule is CCCCC(CC)CNC(=O)c1cc(N)cc(OCC)c1. The van der Waals surface area contributed by atoms with E-state index in [0.29, 0.717) is 36.1 Å². The van der Waals surface area contributed by atoms with Gasteiger partial charge in [0, 0.05) is 23.9 Å². The van der Waals surface area contributed by atoms with Crippen LogP contribution < -0.4 is 15.8 Å². The number of benzene rings is 1. The van der Waals surface area contributed by atoms with E-state index in [4.69, 9.17) is 10.5 Å². The molecule has 0 bridgehead atoms. The average molecular weight is 292 g/mol. The zero-order valence-corrected chi connectivity index (χ0v) is 13.4. The van der Waals surface area contributed by atoms with Crippen LogP contribution in [0.25, 0.3) is 0 Å². The van der Waals surface area contributed by atoms with Gasteiger partial charge in [0.1, 0.15) is 5.75 Å². The maximum absolute atomic E-state index is 12.2. The Labute approximate surface area is 128 Å². The first-order chi connectivity index (χ1) is 10.1. The monoisotopic (exact) mass is 292 g/mol. The van der Waals surface area contributed by atoms with Gasteiger partial charge in [-0.1, -0.05) is 33.1 Å². The largest absolute Gasteiger partial charge is 0.494 e. The lowest BCUT2D eigenvalue weighted by atomic mass is 9.99. The minimum Gasteiger partial charge on any atom is -0.494 e. The Morgan fingerprint density at radius 3 is 2.67 bits per heavy atom. The highest BCUT2D eigenvalue weighted by atomic mass is 16.5. The van der Waals surface area contributed by atoms with Crippen LogP contribution in [0, 0.1) is 5.92 Å². The third-order valence-electron chi connectivity index (χ3n) is 3.60. The smallest absolute Gasteiger partial charge is 0.251 e. The van der Waals surface area contributed by atoms with E-state index in [1.165, 1.54) is 12.8 Å². The van der Waals surface area contributed by atoms with Crippen LogP contribution in [0.3, 0.4) is 0 Å². The highest BCUT2D eigenvalue weighted by Crippen LogP contribution is 2.19. The van der Waals surface area contributed by atoms with Crippen LogP contribution in [0.15, 0.2) is 18.2 Å². The number of amides is 1. The molecule has 0 aliphatic rings. The van der Waals surface area contributed by atoms with Gasteiger partial charge in [0.2, 0.25) is 0 Å². The number of rotatable bonds is 9. The van der Waals surface area contributed by atoms with Crippen LogP contribution in [0.1, 0.15) is 56.8 Å². The molecule has 0 fully saturated rings. The molecule has 0 aliphatic heterocycles. The van der Waals surface area contributed by atoms with Gasteiger partial charge in [-0.2, -0.15) is 0 Å². The van der Waals surface area contributed by atoms with Gasteiger partial charge >= 0.3 is 0 Å². The maximum Gasteiger partial charge on any atom is 0.251 e. The first-order valence-corrected chi connectivity index (χ1v) is 7.92. The van der Waals surface area contributed by atoms with Gasteiger partial charge in [-0.05, 0) is 31.4 Å². The molecule has 0 saturated carbocycles. The van der Waals surface area contributed by atoms with Gasteiger partial charge in [0.25, 0.3) is 5.91 Å². The summed E-state index contributed by atoms with van der Waals surface area (Å²) in [5.41, 5.74) is 6.92. The van der Waals surface area contributed by atoms with E-state index in [-0.39, 0.29) is 5.91 Å². The number of hydrogen-bond donors (Lipinski definition) is 2. The Morgan fingerprint density at radius 1 is 1.29 bits per heavy atom. The first-order valence-electron chi connectivity index (χ1n) is 7.92. The fourth-order valence-corrected chi connectivity index (χ4v) is 2.29. The van der Waals surface area contributed by atoms with Gasteiger partial charge in [0.05, 0.1) is 6.61 Å². The molecule has 21 heavy (non-hydrogen) atoms. The molecule has 0 aliphatic carbocycles. The van der Waals surface area contributed by atoms with Crippen LogP contribution in [-0.4, -0.2) is 19.1 Å². The minimum atomic E-state index is -0.0850. The predicted molar refractivity (Wildman–Crippen MR) is 87.7 cm³/mol. The van der Waals surface area contributed by atoms with Crippen molar-refractivity contribution >= 4 is 11.6 Å². The van der Waals surface area contributed by atoms with Crippen molar-refractivity contribution in [1.82, 2.24) is 5.32 Å². The molecule has 1 aromatic carbocycles. The number of carbonyl (C=O) groups is 1. The number of hydrogen-bond acceptors (Lipinski definition) is 3. The summed E-state index contributed by atoms with van der Waals surface area (Å²) in [6.45, 7) is 7.53. The second-order valence-electron chi connectivity index (χ2n) is 5.35. The molecule has 1 unspecified atom stereocenters. The van der Waals surface area contributed by atoms with Crippen molar-refractivity contribution in [2.75, 3.05) is 18.9 Å². The molecule has 1 amide bonds. The normalized spacial score (nSPS) is 12.0. The van der Waals surface area contributed by atoms with Crippen molar-refractivity contribution in [2.45, 2.75) is 46.5 Å². The highest BCUT2D eigenvalue weighted by molar-refractivity contribution is 5.95. The molecule has 3 N–H and O–H groups in total. The fourth-order valence-electron chi connectivity index (χ4n) is 2.29. The van der Waals surface area contributed by atoms with Gasteiger partial charge in [-0.15, -0.1) is 0 Å².